The van der Waals surface area contributed by atoms with Crippen LogP contribution in [0.4, 0.5) is 0 Å². The number of para-hydroxylation sites is 2. The highest BCUT2D eigenvalue weighted by Crippen LogP contribution is 2.19. The van der Waals surface area contributed by atoms with Crippen LogP contribution in [0.25, 0.3) is 11.0 Å². The van der Waals surface area contributed by atoms with E-state index in [9.17, 15) is 4.79 Å². The lowest BCUT2D eigenvalue weighted by atomic mass is 10.2. The molecule has 0 bridgehead atoms. The van der Waals surface area contributed by atoms with E-state index in [1.54, 1.807) is 24.3 Å². The second-order valence-corrected chi connectivity index (χ2v) is 8.10. The second kappa shape index (κ2) is 8.80. The van der Waals surface area contributed by atoms with Gasteiger partial charge in [-0.15, -0.1) is 0 Å². The zero-order chi connectivity index (χ0) is 20.2. The highest BCUT2D eigenvalue weighted by Gasteiger charge is 2.12. The number of rotatable bonds is 6. The molecule has 1 N–H and O–H groups in total. The Bertz CT molecular complexity index is 1150. The number of hydrogen-bond acceptors (Lipinski definition) is 2. The molecule has 4 rings (SSSR count). The molecular formula is C23H19BrClN3O. The lowest BCUT2D eigenvalue weighted by Gasteiger charge is -2.11. The molecular weight excluding hydrogens is 450 g/mol. The number of aromatic nitrogens is 2. The predicted octanol–water partition coefficient (Wildman–Crippen LogP) is 5.47. The van der Waals surface area contributed by atoms with Crippen LogP contribution in [-0.2, 0) is 13.0 Å². The summed E-state index contributed by atoms with van der Waals surface area (Å²) in [5, 5.41) is 3.51. The lowest BCUT2D eigenvalue weighted by Crippen LogP contribution is -2.26. The number of amides is 1. The Morgan fingerprint density at radius 1 is 1.03 bits per heavy atom. The summed E-state index contributed by atoms with van der Waals surface area (Å²) < 4.78 is 3.27. The molecule has 4 aromatic rings. The molecule has 0 aliphatic heterocycles. The van der Waals surface area contributed by atoms with Crippen LogP contribution in [0.15, 0.2) is 77.3 Å². The molecule has 0 atom stereocenters. The maximum atomic E-state index is 12.4. The van der Waals surface area contributed by atoms with E-state index in [2.05, 4.69) is 44.0 Å². The Kier molecular flexibility index (Phi) is 5.97. The van der Waals surface area contributed by atoms with Gasteiger partial charge >= 0.3 is 0 Å². The predicted molar refractivity (Wildman–Crippen MR) is 120 cm³/mol. The summed E-state index contributed by atoms with van der Waals surface area (Å²) in [6.07, 6.45) is 0.636. The third-order valence-corrected chi connectivity index (χ3v) is 5.47. The summed E-state index contributed by atoms with van der Waals surface area (Å²) >= 11 is 9.46. The summed E-state index contributed by atoms with van der Waals surface area (Å²) in [6.45, 7) is 1.22. The quantitative estimate of drug-likeness (QED) is 0.408. The topological polar surface area (TPSA) is 46.9 Å². The number of imidazole rings is 1. The molecule has 3 aromatic carbocycles. The summed E-state index contributed by atoms with van der Waals surface area (Å²) in [6, 6.07) is 23.3. The Hall–Kier alpha value is -2.63. The van der Waals surface area contributed by atoms with E-state index in [-0.39, 0.29) is 5.91 Å². The average Bonchev–Trinajstić information content (AvgIpc) is 3.07. The maximum absolute atomic E-state index is 12.4. The van der Waals surface area contributed by atoms with Gasteiger partial charge in [-0.2, -0.15) is 0 Å². The number of halogens is 2. The molecule has 0 radical (unpaired) electrons. The molecule has 0 aliphatic carbocycles. The SMILES string of the molecule is O=C(NCCc1nc2ccccc2n1Cc1ccc(Br)cc1)c1cccc(Cl)c1. The van der Waals surface area contributed by atoms with Crippen LogP contribution in [-0.4, -0.2) is 22.0 Å². The minimum Gasteiger partial charge on any atom is -0.352 e. The van der Waals surface area contributed by atoms with Crippen molar-refractivity contribution in [2.24, 2.45) is 0 Å². The third-order valence-electron chi connectivity index (χ3n) is 4.71. The molecule has 0 saturated carbocycles. The fourth-order valence-corrected chi connectivity index (χ4v) is 3.74. The Balaban J connectivity index is 1.52. The number of nitrogens with one attached hydrogen (secondary N) is 1. The molecule has 0 aliphatic rings. The van der Waals surface area contributed by atoms with Crippen molar-refractivity contribution in [3.05, 3.63) is 99.2 Å². The first-order valence-corrected chi connectivity index (χ1v) is 10.5. The van der Waals surface area contributed by atoms with Crippen LogP contribution < -0.4 is 5.32 Å². The number of carbonyl (C=O) groups is 1. The van der Waals surface area contributed by atoms with Crippen molar-refractivity contribution in [2.45, 2.75) is 13.0 Å². The lowest BCUT2D eigenvalue weighted by molar-refractivity contribution is 0.0954. The van der Waals surface area contributed by atoms with Gasteiger partial charge < -0.3 is 9.88 Å². The highest BCUT2D eigenvalue weighted by atomic mass is 79.9. The molecule has 4 nitrogen and oxygen atoms in total. The van der Waals surface area contributed by atoms with Gasteiger partial charge in [-0.25, -0.2) is 4.98 Å². The fourth-order valence-electron chi connectivity index (χ4n) is 3.28. The molecule has 6 heteroatoms. The largest absolute Gasteiger partial charge is 0.352 e. The van der Waals surface area contributed by atoms with Crippen LogP contribution in [0.2, 0.25) is 5.02 Å². The van der Waals surface area contributed by atoms with Crippen molar-refractivity contribution >= 4 is 44.5 Å². The van der Waals surface area contributed by atoms with Gasteiger partial charge in [0.2, 0.25) is 0 Å². The number of fused-ring (bicyclic) bond motifs is 1. The van der Waals surface area contributed by atoms with Gasteiger partial charge in [0.05, 0.1) is 11.0 Å². The first-order chi connectivity index (χ1) is 14.1. The minimum atomic E-state index is -0.136. The van der Waals surface area contributed by atoms with Crippen molar-refractivity contribution in [3.63, 3.8) is 0 Å². The van der Waals surface area contributed by atoms with Crippen LogP contribution in [0, 0.1) is 0 Å². The van der Waals surface area contributed by atoms with Gasteiger partial charge in [0.1, 0.15) is 5.82 Å². The molecule has 146 valence electrons. The summed E-state index contributed by atoms with van der Waals surface area (Å²) in [5.41, 5.74) is 3.80. The highest BCUT2D eigenvalue weighted by molar-refractivity contribution is 9.10. The van der Waals surface area contributed by atoms with E-state index >= 15 is 0 Å². The van der Waals surface area contributed by atoms with Crippen molar-refractivity contribution in [2.75, 3.05) is 6.54 Å². The molecule has 0 saturated heterocycles. The smallest absolute Gasteiger partial charge is 0.251 e. The normalized spacial score (nSPS) is 11.0. The van der Waals surface area contributed by atoms with E-state index in [4.69, 9.17) is 16.6 Å². The van der Waals surface area contributed by atoms with E-state index in [1.165, 1.54) is 5.56 Å². The summed E-state index contributed by atoms with van der Waals surface area (Å²) in [5.74, 6) is 0.809. The fraction of sp³-hybridized carbons (Fsp3) is 0.130. The van der Waals surface area contributed by atoms with Gasteiger partial charge in [0.15, 0.2) is 0 Å². The van der Waals surface area contributed by atoms with E-state index < -0.39 is 0 Å². The van der Waals surface area contributed by atoms with E-state index in [0.29, 0.717) is 23.6 Å². The standard InChI is InChI=1S/C23H19BrClN3O/c24-18-10-8-16(9-11-18)15-28-21-7-2-1-6-20(21)27-22(28)12-13-26-23(29)17-4-3-5-19(25)14-17/h1-11,14H,12-13,15H2,(H,26,29). The van der Waals surface area contributed by atoms with Crippen molar-refractivity contribution < 1.29 is 4.79 Å². The van der Waals surface area contributed by atoms with Crippen LogP contribution >= 0.6 is 27.5 Å². The van der Waals surface area contributed by atoms with Crippen LogP contribution in [0.1, 0.15) is 21.7 Å². The number of hydrogen-bond donors (Lipinski definition) is 1. The number of benzene rings is 3. The molecule has 1 aromatic heterocycles. The van der Waals surface area contributed by atoms with Gasteiger partial charge in [-0.1, -0.05) is 57.9 Å². The summed E-state index contributed by atoms with van der Waals surface area (Å²) in [4.78, 5) is 17.2. The van der Waals surface area contributed by atoms with Gasteiger partial charge in [-0.3, -0.25) is 4.79 Å². The van der Waals surface area contributed by atoms with Crippen molar-refractivity contribution in [1.29, 1.82) is 0 Å². The van der Waals surface area contributed by atoms with Crippen molar-refractivity contribution in [3.8, 4) is 0 Å². The maximum Gasteiger partial charge on any atom is 0.251 e. The van der Waals surface area contributed by atoms with E-state index in [0.717, 1.165) is 27.9 Å². The Morgan fingerprint density at radius 2 is 1.83 bits per heavy atom. The van der Waals surface area contributed by atoms with Crippen LogP contribution in [0.5, 0.6) is 0 Å². The minimum absolute atomic E-state index is 0.136. The number of nitrogens with zero attached hydrogens (tertiary/aromatic N) is 2. The Morgan fingerprint density at radius 3 is 2.62 bits per heavy atom. The zero-order valence-corrected chi connectivity index (χ0v) is 18.0. The van der Waals surface area contributed by atoms with Gasteiger partial charge in [0.25, 0.3) is 5.91 Å². The third kappa shape index (κ3) is 4.69. The molecule has 29 heavy (non-hydrogen) atoms. The molecule has 0 unspecified atom stereocenters. The monoisotopic (exact) mass is 467 g/mol. The van der Waals surface area contributed by atoms with Crippen molar-refractivity contribution in [1.82, 2.24) is 14.9 Å². The first-order valence-electron chi connectivity index (χ1n) is 9.32. The molecule has 1 heterocycles. The molecule has 0 fully saturated rings. The number of carbonyl (C=O) groups excluding carboxylic acids is 1. The van der Waals surface area contributed by atoms with E-state index in [1.807, 2.05) is 30.3 Å². The average molecular weight is 469 g/mol. The summed E-state index contributed by atoms with van der Waals surface area (Å²) in [7, 11) is 0. The van der Waals surface area contributed by atoms with Gasteiger partial charge in [0, 0.05) is 34.6 Å². The molecule has 1 amide bonds. The second-order valence-electron chi connectivity index (χ2n) is 6.75. The molecule has 0 spiro atoms. The van der Waals surface area contributed by atoms with Crippen LogP contribution in [0.3, 0.4) is 0 Å². The first kappa shape index (κ1) is 19.7. The zero-order valence-electron chi connectivity index (χ0n) is 15.6. The van der Waals surface area contributed by atoms with Gasteiger partial charge in [-0.05, 0) is 48.0 Å². The Labute approximate surface area is 182 Å².